The molecule has 0 radical (unpaired) electrons. The fraction of sp³-hybridized carbons (Fsp3) is 0.111. The van der Waals surface area contributed by atoms with E-state index in [2.05, 4.69) is 27.7 Å². The number of benzene rings is 1. The molecule has 0 saturated carbocycles. The monoisotopic (exact) mass is 320 g/mol. The number of halogens is 2. The minimum atomic E-state index is -0.113. The van der Waals surface area contributed by atoms with Crippen LogP contribution in [-0.4, -0.2) is 15.7 Å². The van der Waals surface area contributed by atoms with E-state index in [-0.39, 0.29) is 5.91 Å². The molecule has 1 aromatic heterocycles. The molecule has 0 amide bonds. The van der Waals surface area contributed by atoms with Crippen LogP contribution in [-0.2, 0) is 0 Å². The van der Waals surface area contributed by atoms with Gasteiger partial charge < -0.3 is 0 Å². The van der Waals surface area contributed by atoms with Crippen LogP contribution in [0.25, 0.3) is 10.9 Å². The molecule has 1 aromatic carbocycles. The van der Waals surface area contributed by atoms with Gasteiger partial charge in [-0.25, -0.2) is 4.68 Å². The third-order valence-electron chi connectivity index (χ3n) is 1.90. The van der Waals surface area contributed by atoms with Crippen LogP contribution in [0.3, 0.4) is 0 Å². The Labute approximate surface area is 99.2 Å². The maximum Gasteiger partial charge on any atom is 0.244 e. The molecule has 0 spiro atoms. The number of nitrogens with zero attached hydrogens (tertiary/aromatic N) is 2. The topological polar surface area (TPSA) is 34.9 Å². The van der Waals surface area contributed by atoms with Crippen molar-refractivity contribution >= 4 is 51.0 Å². The van der Waals surface area contributed by atoms with Gasteiger partial charge in [-0.15, -0.1) is 0 Å². The van der Waals surface area contributed by atoms with Crippen molar-refractivity contribution < 1.29 is 4.79 Å². The highest BCUT2D eigenvalue weighted by Gasteiger charge is 2.09. The van der Waals surface area contributed by atoms with Gasteiger partial charge in [-0.2, -0.15) is 5.10 Å². The molecule has 5 heteroatoms. The molecule has 0 saturated heterocycles. The molecule has 2 aromatic rings. The molecule has 14 heavy (non-hydrogen) atoms. The Morgan fingerprint density at radius 3 is 2.93 bits per heavy atom. The molecular formula is C9H6ClIN2O. The van der Waals surface area contributed by atoms with Crippen LogP contribution >= 0.6 is 34.2 Å². The van der Waals surface area contributed by atoms with Gasteiger partial charge in [0, 0.05) is 20.9 Å². The molecule has 3 nitrogen and oxygen atoms in total. The predicted octanol–water partition coefficient (Wildman–Crippen LogP) is 2.95. The van der Waals surface area contributed by atoms with E-state index in [4.69, 9.17) is 11.6 Å². The largest absolute Gasteiger partial charge is 0.273 e. The zero-order chi connectivity index (χ0) is 10.3. The molecule has 0 fully saturated rings. The van der Waals surface area contributed by atoms with Crippen molar-refractivity contribution in [3.8, 4) is 0 Å². The smallest absolute Gasteiger partial charge is 0.244 e. The van der Waals surface area contributed by atoms with Crippen molar-refractivity contribution in [2.24, 2.45) is 0 Å². The Morgan fingerprint density at radius 1 is 1.57 bits per heavy atom. The summed E-state index contributed by atoms with van der Waals surface area (Å²) in [5.74, 6) is -0.113. The third-order valence-corrected chi connectivity index (χ3v) is 3.01. The highest BCUT2D eigenvalue weighted by atomic mass is 127. The number of carbonyl (C=O) groups excluding carboxylic acids is 1. The van der Waals surface area contributed by atoms with E-state index < -0.39 is 0 Å². The maximum atomic E-state index is 11.2. The van der Waals surface area contributed by atoms with Crippen molar-refractivity contribution in [3.63, 3.8) is 0 Å². The average Bonchev–Trinajstić information content (AvgIpc) is 2.47. The summed E-state index contributed by atoms with van der Waals surface area (Å²) in [4.78, 5) is 11.2. The summed E-state index contributed by atoms with van der Waals surface area (Å²) in [5.41, 5.74) is 0.759. The first kappa shape index (κ1) is 9.92. The van der Waals surface area contributed by atoms with Gasteiger partial charge in [0.25, 0.3) is 0 Å². The van der Waals surface area contributed by atoms with Crippen LogP contribution in [0.15, 0.2) is 18.3 Å². The summed E-state index contributed by atoms with van der Waals surface area (Å²) in [6.45, 7) is 1.47. The molecule has 0 aliphatic rings. The first-order chi connectivity index (χ1) is 6.59. The Bertz CT molecular complexity index is 521. The van der Waals surface area contributed by atoms with Gasteiger partial charge in [0.1, 0.15) is 0 Å². The standard InChI is InChI=1S/C9H6ClIN2O/c1-5(14)13-9-3-6(10)2-8(11)7(9)4-12-13/h2-4H,1H3. The number of fused-ring (bicyclic) bond motifs is 1. The van der Waals surface area contributed by atoms with E-state index in [0.717, 1.165) is 14.5 Å². The summed E-state index contributed by atoms with van der Waals surface area (Å²) in [5, 5.41) is 5.57. The molecule has 0 aliphatic carbocycles. The molecule has 1 heterocycles. The van der Waals surface area contributed by atoms with E-state index in [0.29, 0.717) is 5.02 Å². The number of aromatic nitrogens is 2. The summed E-state index contributed by atoms with van der Waals surface area (Å²) >= 11 is 8.07. The number of rotatable bonds is 0. The average molecular weight is 321 g/mol. The molecular weight excluding hydrogens is 314 g/mol. The summed E-state index contributed by atoms with van der Waals surface area (Å²) in [6.07, 6.45) is 1.68. The van der Waals surface area contributed by atoms with Gasteiger partial charge in [-0.1, -0.05) is 11.6 Å². The molecule has 0 unspecified atom stereocenters. The van der Waals surface area contributed by atoms with E-state index in [9.17, 15) is 4.79 Å². The quantitative estimate of drug-likeness (QED) is 0.700. The van der Waals surface area contributed by atoms with E-state index >= 15 is 0 Å². The lowest BCUT2D eigenvalue weighted by molar-refractivity contribution is 0.0927. The summed E-state index contributed by atoms with van der Waals surface area (Å²) in [6, 6.07) is 3.59. The Kier molecular flexibility index (Phi) is 2.48. The van der Waals surface area contributed by atoms with Crippen LogP contribution < -0.4 is 0 Å². The van der Waals surface area contributed by atoms with Crippen LogP contribution in [0, 0.1) is 3.57 Å². The molecule has 72 valence electrons. The highest BCUT2D eigenvalue weighted by molar-refractivity contribution is 14.1. The zero-order valence-electron chi connectivity index (χ0n) is 7.29. The minimum Gasteiger partial charge on any atom is -0.273 e. The first-order valence-corrected chi connectivity index (χ1v) is 5.39. The molecule has 0 bridgehead atoms. The summed E-state index contributed by atoms with van der Waals surface area (Å²) < 4.78 is 2.35. The minimum absolute atomic E-state index is 0.113. The fourth-order valence-electron chi connectivity index (χ4n) is 1.30. The van der Waals surface area contributed by atoms with Crippen molar-refractivity contribution in [1.82, 2.24) is 9.78 Å². The van der Waals surface area contributed by atoms with Crippen LogP contribution in [0.1, 0.15) is 11.7 Å². The summed E-state index contributed by atoms with van der Waals surface area (Å²) in [7, 11) is 0. The SMILES string of the molecule is CC(=O)n1ncc2c(I)cc(Cl)cc21. The molecule has 0 N–H and O–H groups in total. The van der Waals surface area contributed by atoms with Crippen LogP contribution in [0.2, 0.25) is 5.02 Å². The number of hydrogen-bond acceptors (Lipinski definition) is 2. The predicted molar refractivity (Wildman–Crippen MR) is 63.8 cm³/mol. The Hall–Kier alpha value is -0.620. The third kappa shape index (κ3) is 1.52. The van der Waals surface area contributed by atoms with Gasteiger partial charge in [-0.3, -0.25) is 4.79 Å². The van der Waals surface area contributed by atoms with Crippen molar-refractivity contribution in [3.05, 3.63) is 26.9 Å². The number of hydrogen-bond donors (Lipinski definition) is 0. The van der Waals surface area contributed by atoms with Crippen LogP contribution in [0.5, 0.6) is 0 Å². The van der Waals surface area contributed by atoms with Crippen molar-refractivity contribution in [2.45, 2.75) is 6.92 Å². The highest BCUT2D eigenvalue weighted by Crippen LogP contribution is 2.24. The zero-order valence-corrected chi connectivity index (χ0v) is 10.2. The van der Waals surface area contributed by atoms with E-state index in [1.807, 2.05) is 6.07 Å². The fourth-order valence-corrected chi connectivity index (χ4v) is 2.45. The molecule has 2 rings (SSSR count). The molecule has 0 aliphatic heterocycles. The van der Waals surface area contributed by atoms with Gasteiger partial charge in [0.15, 0.2) is 0 Å². The van der Waals surface area contributed by atoms with Gasteiger partial charge >= 0.3 is 0 Å². The normalized spacial score (nSPS) is 10.8. The van der Waals surface area contributed by atoms with Crippen LogP contribution in [0.4, 0.5) is 0 Å². The van der Waals surface area contributed by atoms with E-state index in [1.165, 1.54) is 11.6 Å². The van der Waals surface area contributed by atoms with E-state index in [1.54, 1.807) is 12.3 Å². The second-order valence-corrected chi connectivity index (χ2v) is 4.49. The lowest BCUT2D eigenvalue weighted by atomic mass is 10.2. The molecule has 0 atom stereocenters. The van der Waals surface area contributed by atoms with Gasteiger partial charge in [0.05, 0.1) is 11.7 Å². The van der Waals surface area contributed by atoms with Gasteiger partial charge in [0.2, 0.25) is 5.91 Å². The second kappa shape index (κ2) is 3.51. The van der Waals surface area contributed by atoms with Crippen molar-refractivity contribution in [2.75, 3.05) is 0 Å². The maximum absolute atomic E-state index is 11.2. The lowest BCUT2D eigenvalue weighted by Crippen LogP contribution is -2.06. The number of carbonyl (C=O) groups is 1. The van der Waals surface area contributed by atoms with Crippen molar-refractivity contribution in [1.29, 1.82) is 0 Å². The lowest BCUT2D eigenvalue weighted by Gasteiger charge is -1.99. The second-order valence-electron chi connectivity index (χ2n) is 2.90. The first-order valence-electron chi connectivity index (χ1n) is 3.93. The Morgan fingerprint density at radius 2 is 2.29 bits per heavy atom. The van der Waals surface area contributed by atoms with Gasteiger partial charge in [-0.05, 0) is 34.7 Å². The Balaban J connectivity index is 2.85.